The minimum Gasteiger partial charge on any atom is -0.465 e. The second kappa shape index (κ2) is 33.4. The Hall–Kier alpha value is -0.570. The lowest BCUT2D eigenvalue weighted by Crippen LogP contribution is -2.16. The van der Waals surface area contributed by atoms with Crippen LogP contribution in [0.25, 0.3) is 0 Å². The van der Waals surface area contributed by atoms with Gasteiger partial charge in [0.2, 0.25) is 0 Å². The van der Waals surface area contributed by atoms with Crippen LogP contribution >= 0.6 is 0 Å². The van der Waals surface area contributed by atoms with Crippen molar-refractivity contribution in [3.63, 3.8) is 0 Å². The van der Waals surface area contributed by atoms with Gasteiger partial charge in [-0.15, -0.1) is 0 Å². The van der Waals surface area contributed by atoms with E-state index in [0.717, 1.165) is 19.4 Å². The van der Waals surface area contributed by atoms with Gasteiger partial charge >= 0.3 is 5.97 Å². The van der Waals surface area contributed by atoms with Gasteiger partial charge in [0.25, 0.3) is 0 Å². The number of rotatable bonds is 27. The third kappa shape index (κ3) is 31.4. The molecule has 0 saturated carbocycles. The van der Waals surface area contributed by atoms with Gasteiger partial charge in [0.15, 0.2) is 0 Å². The normalized spacial score (nSPS) is 11.7. The average Bonchev–Trinajstić information content (AvgIpc) is 2.88. The van der Waals surface area contributed by atoms with E-state index in [-0.39, 0.29) is 5.97 Å². The van der Waals surface area contributed by atoms with Gasteiger partial charge in [-0.3, -0.25) is 4.79 Å². The van der Waals surface area contributed by atoms with Crippen LogP contribution < -0.4 is 5.32 Å². The molecule has 0 aromatic heterocycles. The predicted octanol–water partition coefficient (Wildman–Crippen LogP) is 10.4. The van der Waals surface area contributed by atoms with Crippen molar-refractivity contribution in [2.45, 2.75) is 176 Å². The van der Waals surface area contributed by atoms with Gasteiger partial charge in [-0.2, -0.15) is 0 Å². The maximum atomic E-state index is 12.2. The number of carbonyl (C=O) groups is 1. The number of hydrogen-bond acceptors (Lipinski definition) is 3. The van der Waals surface area contributed by atoms with Crippen molar-refractivity contribution in [2.24, 2.45) is 5.92 Å². The largest absolute Gasteiger partial charge is 0.465 e. The molecule has 0 aliphatic carbocycles. The van der Waals surface area contributed by atoms with Crippen molar-refractivity contribution in [2.75, 3.05) is 19.7 Å². The fraction of sp³-hybridized carbons (Fsp3) is 0.969. The Morgan fingerprint density at radius 3 is 1.51 bits per heavy atom. The standard InChI is InChI=1S/C30H61NO2.C2H6/c1-4-7-10-13-15-19-24-29(23-18-11-8-5-2)28-33-30(32)25-20-16-14-17-22-27-31-26-21-12-9-6-3;1-2/h29,31H,4-28H2,1-3H3;1-2H3. The summed E-state index contributed by atoms with van der Waals surface area (Å²) < 4.78 is 5.71. The summed E-state index contributed by atoms with van der Waals surface area (Å²) in [6.45, 7) is 13.8. The van der Waals surface area contributed by atoms with Crippen molar-refractivity contribution in [3.8, 4) is 0 Å². The van der Waals surface area contributed by atoms with Crippen molar-refractivity contribution in [1.82, 2.24) is 5.32 Å². The molecule has 1 N–H and O–H groups in total. The van der Waals surface area contributed by atoms with Gasteiger partial charge in [0.05, 0.1) is 6.61 Å². The Morgan fingerprint density at radius 2 is 0.971 bits per heavy atom. The zero-order valence-corrected chi connectivity index (χ0v) is 25.1. The molecule has 0 rings (SSSR count). The summed E-state index contributed by atoms with van der Waals surface area (Å²) in [4.78, 5) is 12.2. The zero-order chi connectivity index (χ0) is 26.2. The quantitative estimate of drug-likeness (QED) is 0.0905. The van der Waals surface area contributed by atoms with E-state index < -0.39 is 0 Å². The summed E-state index contributed by atoms with van der Waals surface area (Å²) in [5, 5.41) is 3.55. The molecule has 0 radical (unpaired) electrons. The van der Waals surface area contributed by atoms with Crippen LogP contribution in [-0.4, -0.2) is 25.7 Å². The van der Waals surface area contributed by atoms with Crippen LogP contribution in [0.3, 0.4) is 0 Å². The lowest BCUT2D eigenvalue weighted by molar-refractivity contribution is -0.145. The van der Waals surface area contributed by atoms with Crippen molar-refractivity contribution in [1.29, 1.82) is 0 Å². The summed E-state index contributed by atoms with van der Waals surface area (Å²) in [7, 11) is 0. The maximum absolute atomic E-state index is 12.2. The Morgan fingerprint density at radius 1 is 0.571 bits per heavy atom. The molecule has 0 saturated heterocycles. The number of esters is 1. The second-order valence-corrected chi connectivity index (χ2v) is 10.3. The van der Waals surface area contributed by atoms with E-state index in [4.69, 9.17) is 4.74 Å². The van der Waals surface area contributed by atoms with Crippen LogP contribution in [0, 0.1) is 5.92 Å². The molecule has 1 atom stereocenters. The molecule has 3 nitrogen and oxygen atoms in total. The van der Waals surface area contributed by atoms with Gasteiger partial charge in [-0.05, 0) is 51.1 Å². The molecule has 0 heterocycles. The fourth-order valence-corrected chi connectivity index (χ4v) is 4.52. The number of ether oxygens (including phenoxy) is 1. The van der Waals surface area contributed by atoms with Crippen LogP contribution in [0.1, 0.15) is 176 Å². The molecule has 212 valence electrons. The van der Waals surface area contributed by atoms with Crippen LogP contribution in [0.4, 0.5) is 0 Å². The molecule has 3 heteroatoms. The Balaban J connectivity index is 0. The van der Waals surface area contributed by atoms with Crippen LogP contribution in [0.15, 0.2) is 0 Å². The molecule has 35 heavy (non-hydrogen) atoms. The highest BCUT2D eigenvalue weighted by molar-refractivity contribution is 5.69. The molecule has 0 aliphatic rings. The smallest absolute Gasteiger partial charge is 0.305 e. The highest BCUT2D eigenvalue weighted by Gasteiger charge is 2.12. The van der Waals surface area contributed by atoms with Crippen molar-refractivity contribution in [3.05, 3.63) is 0 Å². The van der Waals surface area contributed by atoms with E-state index in [1.54, 1.807) is 0 Å². The van der Waals surface area contributed by atoms with Crippen LogP contribution in [0.5, 0.6) is 0 Å². The van der Waals surface area contributed by atoms with E-state index in [0.29, 0.717) is 18.9 Å². The van der Waals surface area contributed by atoms with E-state index in [1.165, 1.54) is 129 Å². The van der Waals surface area contributed by atoms with E-state index in [2.05, 4.69) is 26.1 Å². The van der Waals surface area contributed by atoms with Gasteiger partial charge in [-0.25, -0.2) is 0 Å². The minimum absolute atomic E-state index is 0.0326. The summed E-state index contributed by atoms with van der Waals surface area (Å²) in [6, 6.07) is 0. The van der Waals surface area contributed by atoms with Crippen LogP contribution in [-0.2, 0) is 9.53 Å². The molecular formula is C32H67NO2. The molecule has 0 aromatic rings. The molecule has 0 aromatic carbocycles. The van der Waals surface area contributed by atoms with Gasteiger partial charge in [0.1, 0.15) is 0 Å². The lowest BCUT2D eigenvalue weighted by Gasteiger charge is -2.17. The topological polar surface area (TPSA) is 38.3 Å². The predicted molar refractivity (Wildman–Crippen MR) is 157 cm³/mol. The summed E-state index contributed by atoms with van der Waals surface area (Å²) in [6.07, 6.45) is 27.6. The monoisotopic (exact) mass is 498 g/mol. The number of unbranched alkanes of at least 4 members (excludes halogenated alkanes) is 15. The first-order valence-corrected chi connectivity index (χ1v) is 16.1. The number of hydrogen-bond donors (Lipinski definition) is 1. The van der Waals surface area contributed by atoms with Gasteiger partial charge in [0, 0.05) is 6.42 Å². The van der Waals surface area contributed by atoms with Crippen molar-refractivity contribution >= 4 is 5.97 Å². The SMILES string of the molecule is CC.CCCCCCCCC(CCCCCC)COC(=O)CCCCCCCNCCCCCC. The molecule has 0 aliphatic heterocycles. The highest BCUT2D eigenvalue weighted by atomic mass is 16.5. The van der Waals surface area contributed by atoms with Gasteiger partial charge < -0.3 is 10.1 Å². The first-order chi connectivity index (χ1) is 17.2. The lowest BCUT2D eigenvalue weighted by atomic mass is 9.95. The minimum atomic E-state index is 0.0326. The van der Waals surface area contributed by atoms with E-state index in [1.807, 2.05) is 13.8 Å². The fourth-order valence-electron chi connectivity index (χ4n) is 4.52. The molecule has 0 spiro atoms. The third-order valence-electron chi connectivity index (χ3n) is 6.85. The number of carbonyl (C=O) groups excluding carboxylic acids is 1. The van der Waals surface area contributed by atoms with Crippen molar-refractivity contribution < 1.29 is 9.53 Å². The summed E-state index contributed by atoms with van der Waals surface area (Å²) >= 11 is 0. The Kier molecular flexibility index (Phi) is 34.9. The maximum Gasteiger partial charge on any atom is 0.305 e. The zero-order valence-electron chi connectivity index (χ0n) is 25.1. The second-order valence-electron chi connectivity index (χ2n) is 10.3. The summed E-state index contributed by atoms with van der Waals surface area (Å²) in [5.74, 6) is 0.608. The number of nitrogens with one attached hydrogen (secondary N) is 1. The van der Waals surface area contributed by atoms with Gasteiger partial charge in [-0.1, -0.05) is 137 Å². The molecule has 0 amide bonds. The third-order valence-corrected chi connectivity index (χ3v) is 6.85. The Bertz CT molecular complexity index is 386. The van der Waals surface area contributed by atoms with Crippen LogP contribution in [0.2, 0.25) is 0 Å². The molecule has 0 fully saturated rings. The highest BCUT2D eigenvalue weighted by Crippen LogP contribution is 2.20. The summed E-state index contributed by atoms with van der Waals surface area (Å²) in [5.41, 5.74) is 0. The first-order valence-electron chi connectivity index (χ1n) is 16.1. The Labute approximate surface area is 222 Å². The molecule has 0 bridgehead atoms. The molecule has 1 unspecified atom stereocenters. The van der Waals surface area contributed by atoms with E-state index in [9.17, 15) is 4.79 Å². The first kappa shape index (κ1) is 36.6. The average molecular weight is 498 g/mol. The molecular weight excluding hydrogens is 430 g/mol. The van der Waals surface area contributed by atoms with E-state index >= 15 is 0 Å².